The van der Waals surface area contributed by atoms with Gasteiger partial charge in [-0.25, -0.2) is 0 Å². The summed E-state index contributed by atoms with van der Waals surface area (Å²) < 4.78 is 12.6. The maximum atomic E-state index is 6.21. The number of nitrogens with zero attached hydrogens (tertiary/aromatic N) is 1. The van der Waals surface area contributed by atoms with Crippen LogP contribution < -0.4 is 0 Å². The Balaban J connectivity index is 2.91. The molecule has 1 rings (SSSR count). The quantitative estimate of drug-likeness (QED) is 0.702. The summed E-state index contributed by atoms with van der Waals surface area (Å²) in [6.45, 7) is 12.8. The first kappa shape index (κ1) is 14.0. The van der Waals surface area contributed by atoms with Gasteiger partial charge in [-0.2, -0.15) is 0 Å². The molecule has 1 aliphatic carbocycles. The zero-order valence-electron chi connectivity index (χ0n) is 11.2. The summed E-state index contributed by atoms with van der Waals surface area (Å²) in [7, 11) is 0. The molecule has 0 bridgehead atoms. The topological polar surface area (TPSA) is 21.6 Å². The molecule has 1 aliphatic rings. The summed E-state index contributed by atoms with van der Waals surface area (Å²) in [6, 6.07) is 0. The fraction of sp³-hybridized carbons (Fsp3) is 0.692. The fourth-order valence-electron chi connectivity index (χ4n) is 1.25. The average Bonchev–Trinajstić information content (AvgIpc) is 2.47. The van der Waals surface area contributed by atoms with Crippen molar-refractivity contribution in [3.05, 3.63) is 22.0 Å². The second-order valence-electron chi connectivity index (χ2n) is 6.04. The van der Waals surface area contributed by atoms with Gasteiger partial charge < -0.3 is 0 Å². The van der Waals surface area contributed by atoms with Crippen LogP contribution in [0.3, 0.4) is 0 Å². The summed E-state index contributed by atoms with van der Waals surface area (Å²) in [5, 5.41) is 0. The van der Waals surface area contributed by atoms with E-state index in [0.29, 0.717) is 0 Å². The van der Waals surface area contributed by atoms with Gasteiger partial charge in [0, 0.05) is 0 Å². The van der Waals surface area contributed by atoms with Gasteiger partial charge in [-0.15, -0.1) is 0 Å². The van der Waals surface area contributed by atoms with E-state index in [2.05, 4.69) is 59.8 Å². The van der Waals surface area contributed by atoms with E-state index in [-0.39, 0.29) is 11.1 Å². The molecule has 0 heterocycles. The molecule has 0 amide bonds. The van der Waals surface area contributed by atoms with Crippen LogP contribution in [0.15, 0.2) is 25.4 Å². The van der Waals surface area contributed by atoms with Gasteiger partial charge in [-0.1, -0.05) is 0 Å². The van der Waals surface area contributed by atoms with Gasteiger partial charge in [0.15, 0.2) is 0 Å². The van der Waals surface area contributed by atoms with Crippen LogP contribution >= 0.6 is 0 Å². The summed E-state index contributed by atoms with van der Waals surface area (Å²) in [5.74, 6) is 0. The van der Waals surface area contributed by atoms with E-state index in [1.807, 2.05) is 0 Å². The third-order valence-electron chi connectivity index (χ3n) is 1.75. The third kappa shape index (κ3) is 5.35. The summed E-state index contributed by atoms with van der Waals surface area (Å²) in [5.41, 5.74) is -0.0710. The molecular weight excluding hydrogens is 279 g/mol. The molecule has 0 aliphatic heterocycles. The van der Waals surface area contributed by atoms with Crippen molar-refractivity contribution < 1.29 is 21.9 Å². The normalized spacial score (nSPS) is 17.9. The Labute approximate surface area is 106 Å². The molecule has 0 atom stereocenters. The number of hydrogen-bond donors (Lipinski definition) is 0. The molecule has 2 nitrogen and oxygen atoms in total. The molecule has 0 N–H and O–H groups in total. The Morgan fingerprint density at radius 2 is 1.81 bits per heavy atom. The molecule has 0 aromatic carbocycles. The van der Waals surface area contributed by atoms with E-state index in [0.717, 1.165) is 6.42 Å². The number of rotatable bonds is 2. The fourth-order valence-corrected chi connectivity index (χ4v) is 5.74. The summed E-state index contributed by atoms with van der Waals surface area (Å²) in [4.78, 5) is 0. The van der Waals surface area contributed by atoms with Crippen LogP contribution in [-0.4, -0.2) is 11.1 Å². The first-order valence-corrected chi connectivity index (χ1v) is 8.73. The van der Waals surface area contributed by atoms with Crippen LogP contribution in [0.25, 0.3) is 0 Å². The van der Waals surface area contributed by atoms with Gasteiger partial charge in [-0.05, 0) is 0 Å². The number of allylic oxidation sites excluding steroid dienone is 4. The minimum atomic E-state index is -2.09. The maximum absolute atomic E-state index is 6.21. The van der Waals surface area contributed by atoms with E-state index < -0.39 is 18.7 Å². The van der Waals surface area contributed by atoms with Crippen LogP contribution in [0.5, 0.6) is 0 Å². The van der Waals surface area contributed by atoms with E-state index in [1.54, 1.807) is 0 Å². The van der Waals surface area contributed by atoms with Gasteiger partial charge in [0.25, 0.3) is 0 Å². The van der Waals surface area contributed by atoms with Gasteiger partial charge >= 0.3 is 106 Å². The molecule has 0 saturated carbocycles. The molecule has 0 aromatic rings. The van der Waals surface area contributed by atoms with Gasteiger partial charge in [0.2, 0.25) is 0 Å². The van der Waals surface area contributed by atoms with Crippen LogP contribution in [0.1, 0.15) is 48.0 Å². The Hall–Kier alpha value is -0.0197. The minimum absolute atomic E-state index is 0.0114. The van der Waals surface area contributed by atoms with E-state index in [4.69, 9.17) is 6.58 Å². The van der Waals surface area contributed by atoms with Crippen LogP contribution in [0.2, 0.25) is 0 Å². The zero-order valence-corrected chi connectivity index (χ0v) is 13.4. The summed E-state index contributed by atoms with van der Waals surface area (Å²) >= 11 is -2.09. The molecule has 3 heteroatoms. The Bertz CT molecular complexity index is 340. The van der Waals surface area contributed by atoms with Crippen LogP contribution in [0, 0.1) is 0 Å². The van der Waals surface area contributed by atoms with Crippen molar-refractivity contribution in [3.63, 3.8) is 0 Å². The Kier molecular flexibility index (Phi) is 4.47. The predicted octanol–water partition coefficient (Wildman–Crippen LogP) is 4.16. The zero-order chi connectivity index (χ0) is 12.4. The van der Waals surface area contributed by atoms with Crippen molar-refractivity contribution in [2.24, 2.45) is 3.34 Å². The molecule has 0 saturated heterocycles. The number of hydrogen-bond acceptors (Lipinski definition) is 2. The van der Waals surface area contributed by atoms with Crippen molar-refractivity contribution in [1.82, 2.24) is 0 Å². The first-order chi connectivity index (χ1) is 7.17. The molecule has 0 fully saturated rings. The second-order valence-corrected chi connectivity index (χ2v) is 9.73. The Morgan fingerprint density at radius 1 is 1.19 bits per heavy atom. The van der Waals surface area contributed by atoms with Crippen molar-refractivity contribution in [3.8, 4) is 0 Å². The van der Waals surface area contributed by atoms with Gasteiger partial charge in [0.05, 0.1) is 0 Å². The molecule has 0 spiro atoms. The van der Waals surface area contributed by atoms with E-state index in [1.165, 1.54) is 3.79 Å². The molecule has 0 aromatic heterocycles. The molecule has 16 heavy (non-hydrogen) atoms. The summed E-state index contributed by atoms with van der Waals surface area (Å²) in [6.07, 6.45) is 7.55. The molecular formula is C13H23NNbO. The van der Waals surface area contributed by atoms with Crippen molar-refractivity contribution in [1.29, 1.82) is 0 Å². The monoisotopic (exact) mass is 302 g/mol. The van der Waals surface area contributed by atoms with E-state index >= 15 is 0 Å². The van der Waals surface area contributed by atoms with Crippen molar-refractivity contribution in [2.45, 2.75) is 59.1 Å². The van der Waals surface area contributed by atoms with Crippen molar-refractivity contribution in [2.75, 3.05) is 0 Å². The second kappa shape index (κ2) is 5.09. The Morgan fingerprint density at radius 3 is 2.19 bits per heavy atom. The predicted molar refractivity (Wildman–Crippen MR) is 64.9 cm³/mol. The standard InChI is InChI=1S/C5H5.C4H9N.C4H9O.Nb/c1-2-4-5-3-1;2*1-4(2,3)5;/h1-3H,4H2;2*1-3H3;/q;;-1;+1. The SMILES string of the molecule is CC(C)(C)[N]=[Nb]([O]C(C)(C)C)[C]1=CC=CC1. The average molecular weight is 302 g/mol. The molecule has 91 valence electrons. The first-order valence-electron chi connectivity index (χ1n) is 5.75. The van der Waals surface area contributed by atoms with Crippen molar-refractivity contribution >= 4 is 0 Å². The van der Waals surface area contributed by atoms with Gasteiger partial charge in [0.1, 0.15) is 0 Å². The van der Waals surface area contributed by atoms with Crippen LogP contribution in [0.4, 0.5) is 0 Å². The van der Waals surface area contributed by atoms with Crippen LogP contribution in [-0.2, 0) is 21.9 Å². The van der Waals surface area contributed by atoms with Gasteiger partial charge in [-0.3, -0.25) is 0 Å². The molecule has 0 radical (unpaired) electrons. The molecule has 0 unspecified atom stereocenters. The van der Waals surface area contributed by atoms with E-state index in [9.17, 15) is 0 Å². The third-order valence-corrected chi connectivity index (χ3v) is 7.46.